The van der Waals surface area contributed by atoms with Crippen molar-refractivity contribution in [3.8, 4) is 0 Å². The molecule has 80 valence electrons. The first-order valence-corrected chi connectivity index (χ1v) is 4.44. The average molecular weight is 208 g/mol. The second-order valence-electron chi connectivity index (χ2n) is 3.40. The highest BCUT2D eigenvalue weighted by Crippen LogP contribution is 2.19. The summed E-state index contributed by atoms with van der Waals surface area (Å²) >= 11 is 0. The van der Waals surface area contributed by atoms with E-state index in [-0.39, 0.29) is 12.5 Å². The molecule has 0 aromatic carbocycles. The van der Waals surface area contributed by atoms with Crippen molar-refractivity contribution in [1.82, 2.24) is 19.3 Å². The summed E-state index contributed by atoms with van der Waals surface area (Å²) in [4.78, 5) is 15.0. The smallest absolute Gasteiger partial charge is 0.237 e. The maximum atomic E-state index is 10.9. The molecule has 4 N–H and O–H groups in total. The van der Waals surface area contributed by atoms with Crippen molar-refractivity contribution in [3.63, 3.8) is 0 Å². The lowest BCUT2D eigenvalue weighted by Crippen LogP contribution is -2.20. The summed E-state index contributed by atoms with van der Waals surface area (Å²) in [7, 11) is 1.77. The van der Waals surface area contributed by atoms with E-state index in [2.05, 4.69) is 10.1 Å². The third kappa shape index (κ3) is 1.32. The molecule has 0 saturated heterocycles. The number of fused-ring (bicyclic) bond motifs is 1. The Morgan fingerprint density at radius 3 is 2.80 bits per heavy atom. The number of carbonyl (C=O) groups is 1. The van der Waals surface area contributed by atoms with E-state index in [1.165, 1.54) is 0 Å². The van der Waals surface area contributed by atoms with Crippen LogP contribution in [0.5, 0.6) is 0 Å². The number of nitrogens with two attached hydrogens (primary N) is 2. The number of amides is 1. The fourth-order valence-electron chi connectivity index (χ4n) is 1.66. The van der Waals surface area contributed by atoms with Crippen molar-refractivity contribution in [2.75, 3.05) is 5.73 Å². The molecule has 15 heavy (non-hydrogen) atoms. The molecule has 2 aromatic heterocycles. The van der Waals surface area contributed by atoms with E-state index in [1.807, 2.05) is 6.92 Å². The third-order valence-electron chi connectivity index (χ3n) is 2.23. The molecule has 2 aromatic rings. The summed E-state index contributed by atoms with van der Waals surface area (Å²) in [5, 5.41) is 4.18. The number of carbonyl (C=O) groups excluding carboxylic acids is 1. The fraction of sp³-hybridized carbons (Fsp3) is 0.375. The van der Waals surface area contributed by atoms with Crippen LogP contribution in [0.2, 0.25) is 0 Å². The molecule has 0 aliphatic heterocycles. The van der Waals surface area contributed by atoms with Crippen LogP contribution in [0.3, 0.4) is 0 Å². The Morgan fingerprint density at radius 2 is 2.20 bits per heavy atom. The quantitative estimate of drug-likeness (QED) is 0.670. The molecule has 2 heterocycles. The molecule has 0 radical (unpaired) electrons. The van der Waals surface area contributed by atoms with E-state index in [9.17, 15) is 4.79 Å². The number of aromatic nitrogens is 4. The van der Waals surface area contributed by atoms with Crippen molar-refractivity contribution < 1.29 is 4.79 Å². The van der Waals surface area contributed by atoms with Crippen molar-refractivity contribution in [2.45, 2.75) is 13.5 Å². The minimum absolute atomic E-state index is 0.0152. The number of primary amides is 1. The molecule has 0 unspecified atom stereocenters. The van der Waals surface area contributed by atoms with Crippen LogP contribution in [0.15, 0.2) is 0 Å². The highest BCUT2D eigenvalue weighted by atomic mass is 16.1. The topological polar surface area (TPSA) is 105 Å². The number of nitrogen functional groups attached to an aromatic ring is 1. The number of hydrogen-bond donors (Lipinski definition) is 2. The van der Waals surface area contributed by atoms with Gasteiger partial charge in [-0.2, -0.15) is 5.10 Å². The van der Waals surface area contributed by atoms with Crippen LogP contribution in [0, 0.1) is 6.92 Å². The normalized spacial score (nSPS) is 11.1. The van der Waals surface area contributed by atoms with E-state index in [1.54, 1.807) is 16.3 Å². The zero-order valence-corrected chi connectivity index (χ0v) is 8.56. The Hall–Kier alpha value is -2.05. The zero-order chi connectivity index (χ0) is 11.2. The van der Waals surface area contributed by atoms with Crippen LogP contribution >= 0.6 is 0 Å². The summed E-state index contributed by atoms with van der Waals surface area (Å²) < 4.78 is 3.19. The van der Waals surface area contributed by atoms with Gasteiger partial charge in [0.05, 0.1) is 5.69 Å². The molecule has 7 nitrogen and oxygen atoms in total. The monoisotopic (exact) mass is 208 g/mol. The second kappa shape index (κ2) is 2.97. The summed E-state index contributed by atoms with van der Waals surface area (Å²) in [5.74, 6) is -0.181. The van der Waals surface area contributed by atoms with Crippen molar-refractivity contribution in [2.24, 2.45) is 12.8 Å². The SMILES string of the molecule is Cc1nn(C)c2c1nc(N)n2CC(N)=O. The van der Waals surface area contributed by atoms with Crippen LogP contribution in [-0.2, 0) is 18.4 Å². The lowest BCUT2D eigenvalue weighted by molar-refractivity contribution is -0.118. The lowest BCUT2D eigenvalue weighted by atomic mass is 10.4. The van der Waals surface area contributed by atoms with Crippen molar-refractivity contribution in [3.05, 3.63) is 5.69 Å². The largest absolute Gasteiger partial charge is 0.369 e. The number of anilines is 1. The highest BCUT2D eigenvalue weighted by molar-refractivity contribution is 5.81. The maximum Gasteiger partial charge on any atom is 0.237 e. The Labute approximate surface area is 85.7 Å². The fourth-order valence-corrected chi connectivity index (χ4v) is 1.66. The molecule has 0 aliphatic carbocycles. The Kier molecular flexibility index (Phi) is 1.88. The molecule has 1 amide bonds. The van der Waals surface area contributed by atoms with Crippen molar-refractivity contribution >= 4 is 23.0 Å². The molecule has 0 fully saturated rings. The number of aryl methyl sites for hydroxylation is 2. The van der Waals surface area contributed by atoms with Crippen LogP contribution < -0.4 is 11.5 Å². The van der Waals surface area contributed by atoms with Gasteiger partial charge in [-0.05, 0) is 6.92 Å². The molecule has 0 atom stereocenters. The van der Waals surface area contributed by atoms with Gasteiger partial charge < -0.3 is 11.5 Å². The van der Waals surface area contributed by atoms with Crippen molar-refractivity contribution in [1.29, 1.82) is 0 Å². The van der Waals surface area contributed by atoms with E-state index >= 15 is 0 Å². The predicted molar refractivity (Wildman–Crippen MR) is 54.8 cm³/mol. The number of hydrogen-bond acceptors (Lipinski definition) is 4. The molecule has 0 aliphatic rings. The number of nitrogens with zero attached hydrogens (tertiary/aromatic N) is 4. The standard InChI is InChI=1S/C8H12N6O/c1-4-6-7(13(2)12-4)14(3-5(9)15)8(10)11-6/h3H2,1-2H3,(H2,9,15)(H2,10,11). The third-order valence-corrected chi connectivity index (χ3v) is 2.23. The summed E-state index contributed by atoms with van der Waals surface area (Å²) in [6.45, 7) is 1.85. The first kappa shape index (κ1) is 9.50. The lowest BCUT2D eigenvalue weighted by Gasteiger charge is -2.02. The molecular weight excluding hydrogens is 196 g/mol. The first-order chi connectivity index (χ1) is 7.00. The Balaban J connectivity index is 2.71. The number of rotatable bonds is 2. The molecule has 0 bridgehead atoms. The van der Waals surface area contributed by atoms with Gasteiger partial charge in [0.2, 0.25) is 11.9 Å². The van der Waals surface area contributed by atoms with Gasteiger partial charge in [0.25, 0.3) is 0 Å². The number of imidazole rings is 1. The summed E-state index contributed by atoms with van der Waals surface area (Å²) in [5.41, 5.74) is 13.0. The molecule has 2 rings (SSSR count). The van der Waals surface area contributed by atoms with Gasteiger partial charge in [-0.25, -0.2) is 4.98 Å². The van der Waals surface area contributed by atoms with Gasteiger partial charge in [-0.3, -0.25) is 14.0 Å². The van der Waals surface area contributed by atoms with Crippen LogP contribution in [0.4, 0.5) is 5.95 Å². The van der Waals surface area contributed by atoms with E-state index in [0.717, 1.165) is 5.69 Å². The van der Waals surface area contributed by atoms with Crippen LogP contribution in [0.1, 0.15) is 5.69 Å². The molecule has 0 saturated carbocycles. The highest BCUT2D eigenvalue weighted by Gasteiger charge is 2.16. The maximum absolute atomic E-state index is 10.9. The van der Waals surface area contributed by atoms with Gasteiger partial charge >= 0.3 is 0 Å². The minimum Gasteiger partial charge on any atom is -0.369 e. The molecular formula is C8H12N6O. The minimum atomic E-state index is -0.458. The first-order valence-electron chi connectivity index (χ1n) is 4.44. The second-order valence-corrected chi connectivity index (χ2v) is 3.40. The van der Waals surface area contributed by atoms with Crippen LogP contribution in [-0.4, -0.2) is 25.2 Å². The Bertz CT molecular complexity index is 537. The van der Waals surface area contributed by atoms with Gasteiger partial charge in [-0.15, -0.1) is 0 Å². The van der Waals surface area contributed by atoms with E-state index < -0.39 is 5.91 Å². The zero-order valence-electron chi connectivity index (χ0n) is 8.56. The van der Waals surface area contributed by atoms with Gasteiger partial charge in [-0.1, -0.05) is 0 Å². The average Bonchev–Trinajstić information content (AvgIpc) is 2.55. The van der Waals surface area contributed by atoms with E-state index in [0.29, 0.717) is 11.2 Å². The molecule has 7 heteroatoms. The van der Waals surface area contributed by atoms with E-state index in [4.69, 9.17) is 11.5 Å². The van der Waals surface area contributed by atoms with Gasteiger partial charge in [0, 0.05) is 7.05 Å². The summed E-state index contributed by atoms with van der Waals surface area (Å²) in [6.07, 6.45) is 0. The van der Waals surface area contributed by atoms with Gasteiger partial charge in [0.1, 0.15) is 12.1 Å². The van der Waals surface area contributed by atoms with Crippen LogP contribution in [0.25, 0.3) is 11.2 Å². The summed E-state index contributed by atoms with van der Waals surface area (Å²) in [6, 6.07) is 0. The van der Waals surface area contributed by atoms with Gasteiger partial charge in [0.15, 0.2) is 5.65 Å². The predicted octanol–water partition coefficient (Wildman–Crippen LogP) is -0.854. The molecule has 0 spiro atoms. The Morgan fingerprint density at radius 1 is 1.53 bits per heavy atom.